The summed E-state index contributed by atoms with van der Waals surface area (Å²) in [5.41, 5.74) is 1.26. The number of hydrogen-bond donors (Lipinski definition) is 0. The third kappa shape index (κ3) is 2.86. The van der Waals surface area contributed by atoms with E-state index in [1.807, 2.05) is 23.1 Å². The Hall–Kier alpha value is -0.350. The highest BCUT2D eigenvalue weighted by atomic mass is 79.9. The van der Waals surface area contributed by atoms with Crippen molar-refractivity contribution in [3.8, 4) is 0 Å². The SMILES string of the molecule is O=C1CC(Br)CN1CCc1ccccc1Br. The van der Waals surface area contributed by atoms with Crippen LogP contribution in [0.2, 0.25) is 0 Å². The summed E-state index contributed by atoms with van der Waals surface area (Å²) in [7, 11) is 0. The zero-order chi connectivity index (χ0) is 11.5. The molecule has 1 aromatic rings. The molecule has 4 heteroatoms. The molecule has 0 N–H and O–H groups in total. The summed E-state index contributed by atoms with van der Waals surface area (Å²) in [4.78, 5) is 13.8. The normalized spacial score (nSPS) is 20.5. The van der Waals surface area contributed by atoms with Crippen molar-refractivity contribution in [2.75, 3.05) is 13.1 Å². The molecule has 1 aliphatic heterocycles. The van der Waals surface area contributed by atoms with Crippen LogP contribution < -0.4 is 0 Å². The number of carbonyl (C=O) groups excluding carboxylic acids is 1. The van der Waals surface area contributed by atoms with E-state index >= 15 is 0 Å². The predicted molar refractivity (Wildman–Crippen MR) is 71.8 cm³/mol. The second kappa shape index (κ2) is 5.32. The maximum atomic E-state index is 11.6. The van der Waals surface area contributed by atoms with E-state index in [0.717, 1.165) is 24.0 Å². The molecule has 2 nitrogen and oxygen atoms in total. The van der Waals surface area contributed by atoms with Crippen LogP contribution in [0.25, 0.3) is 0 Å². The van der Waals surface area contributed by atoms with Gasteiger partial charge in [-0.2, -0.15) is 0 Å². The lowest BCUT2D eigenvalue weighted by Crippen LogP contribution is -2.27. The van der Waals surface area contributed by atoms with Gasteiger partial charge in [0.2, 0.25) is 5.91 Å². The summed E-state index contributed by atoms with van der Waals surface area (Å²) in [5, 5.41) is 0. The van der Waals surface area contributed by atoms with Gasteiger partial charge in [-0.25, -0.2) is 0 Å². The lowest BCUT2D eigenvalue weighted by atomic mass is 10.1. The Morgan fingerprint density at radius 3 is 2.75 bits per heavy atom. The van der Waals surface area contributed by atoms with E-state index in [0.29, 0.717) is 11.2 Å². The Morgan fingerprint density at radius 1 is 1.38 bits per heavy atom. The molecule has 0 aliphatic carbocycles. The molecular weight excluding hydrogens is 334 g/mol. The molecule has 0 aromatic heterocycles. The first-order valence-corrected chi connectivity index (χ1v) is 7.03. The number of nitrogens with zero attached hydrogens (tertiary/aromatic N) is 1. The maximum Gasteiger partial charge on any atom is 0.223 e. The zero-order valence-corrected chi connectivity index (χ0v) is 12.0. The first-order chi connectivity index (χ1) is 7.66. The Bertz CT molecular complexity index is 394. The summed E-state index contributed by atoms with van der Waals surface area (Å²) >= 11 is 7.01. The van der Waals surface area contributed by atoms with Gasteiger partial charge in [-0.1, -0.05) is 50.1 Å². The number of alkyl halides is 1. The standard InChI is InChI=1S/C12H13Br2NO/c13-10-7-12(16)15(8-10)6-5-9-3-1-2-4-11(9)14/h1-4,10H,5-8H2. The second-order valence-corrected chi connectivity index (χ2v) is 6.13. The van der Waals surface area contributed by atoms with Crippen LogP contribution in [0.15, 0.2) is 28.7 Å². The smallest absolute Gasteiger partial charge is 0.223 e. The number of amides is 1. The van der Waals surface area contributed by atoms with Gasteiger partial charge in [0.1, 0.15) is 0 Å². The minimum absolute atomic E-state index is 0.258. The van der Waals surface area contributed by atoms with Gasteiger partial charge in [0, 0.05) is 28.8 Å². The van der Waals surface area contributed by atoms with Crippen molar-refractivity contribution < 1.29 is 4.79 Å². The van der Waals surface area contributed by atoms with E-state index in [2.05, 4.69) is 37.9 Å². The number of likely N-dealkylation sites (tertiary alicyclic amines) is 1. The minimum atomic E-state index is 0.258. The van der Waals surface area contributed by atoms with E-state index in [9.17, 15) is 4.79 Å². The molecule has 0 saturated carbocycles. The van der Waals surface area contributed by atoms with Gasteiger partial charge in [0.15, 0.2) is 0 Å². The molecule has 1 unspecified atom stereocenters. The maximum absolute atomic E-state index is 11.6. The number of halogens is 2. The monoisotopic (exact) mass is 345 g/mol. The van der Waals surface area contributed by atoms with Crippen LogP contribution in [-0.2, 0) is 11.2 Å². The fraction of sp³-hybridized carbons (Fsp3) is 0.417. The Morgan fingerprint density at radius 2 is 2.12 bits per heavy atom. The fourth-order valence-electron chi connectivity index (χ4n) is 1.90. The van der Waals surface area contributed by atoms with Crippen LogP contribution >= 0.6 is 31.9 Å². The van der Waals surface area contributed by atoms with Gasteiger partial charge in [-0.15, -0.1) is 0 Å². The minimum Gasteiger partial charge on any atom is -0.341 e. The average Bonchev–Trinajstić information content (AvgIpc) is 2.56. The van der Waals surface area contributed by atoms with E-state index in [1.54, 1.807) is 0 Å². The van der Waals surface area contributed by atoms with Crippen molar-refractivity contribution in [2.45, 2.75) is 17.7 Å². The summed E-state index contributed by atoms with van der Waals surface area (Å²) in [6.45, 7) is 1.65. The summed E-state index contributed by atoms with van der Waals surface area (Å²) in [6.07, 6.45) is 1.54. The average molecular weight is 347 g/mol. The van der Waals surface area contributed by atoms with Crippen molar-refractivity contribution in [1.29, 1.82) is 0 Å². The molecular formula is C12H13Br2NO. The molecule has 1 amide bonds. The zero-order valence-electron chi connectivity index (χ0n) is 8.83. The van der Waals surface area contributed by atoms with Gasteiger partial charge in [-0.05, 0) is 18.1 Å². The molecule has 0 radical (unpaired) electrons. The van der Waals surface area contributed by atoms with E-state index in [4.69, 9.17) is 0 Å². The van der Waals surface area contributed by atoms with Crippen LogP contribution in [0.3, 0.4) is 0 Å². The molecule has 16 heavy (non-hydrogen) atoms. The predicted octanol–water partition coefficient (Wildman–Crippen LogP) is 2.99. The lowest BCUT2D eigenvalue weighted by molar-refractivity contribution is -0.127. The summed E-state index contributed by atoms with van der Waals surface area (Å²) in [5.74, 6) is 0.258. The first-order valence-electron chi connectivity index (χ1n) is 5.32. The molecule has 1 aliphatic rings. The summed E-state index contributed by atoms with van der Waals surface area (Å²) in [6, 6.07) is 8.16. The highest BCUT2D eigenvalue weighted by Crippen LogP contribution is 2.20. The van der Waals surface area contributed by atoms with Crippen molar-refractivity contribution in [2.24, 2.45) is 0 Å². The van der Waals surface area contributed by atoms with Crippen LogP contribution in [0.5, 0.6) is 0 Å². The first kappa shape index (κ1) is 12.1. The highest BCUT2D eigenvalue weighted by molar-refractivity contribution is 9.10. The Kier molecular flexibility index (Phi) is 4.03. The fourth-order valence-corrected chi connectivity index (χ4v) is 3.01. The van der Waals surface area contributed by atoms with Crippen molar-refractivity contribution >= 4 is 37.8 Å². The molecule has 0 spiro atoms. The third-order valence-electron chi connectivity index (χ3n) is 2.78. The molecule has 1 atom stereocenters. The molecule has 1 aromatic carbocycles. The van der Waals surface area contributed by atoms with Crippen molar-refractivity contribution in [1.82, 2.24) is 4.90 Å². The number of hydrogen-bond acceptors (Lipinski definition) is 1. The Labute approximate surface area is 112 Å². The Balaban J connectivity index is 1.93. The third-order valence-corrected chi connectivity index (χ3v) is 4.16. The molecule has 0 bridgehead atoms. The molecule has 1 heterocycles. The van der Waals surface area contributed by atoms with Gasteiger partial charge in [-0.3, -0.25) is 4.79 Å². The van der Waals surface area contributed by atoms with Crippen LogP contribution in [0, 0.1) is 0 Å². The van der Waals surface area contributed by atoms with Crippen molar-refractivity contribution in [3.05, 3.63) is 34.3 Å². The van der Waals surface area contributed by atoms with Crippen LogP contribution in [0.1, 0.15) is 12.0 Å². The van der Waals surface area contributed by atoms with E-state index < -0.39 is 0 Å². The lowest BCUT2D eigenvalue weighted by Gasteiger charge is -2.16. The molecule has 2 rings (SSSR count). The molecule has 1 saturated heterocycles. The summed E-state index contributed by atoms with van der Waals surface area (Å²) < 4.78 is 1.12. The van der Waals surface area contributed by atoms with Crippen molar-refractivity contribution in [3.63, 3.8) is 0 Å². The van der Waals surface area contributed by atoms with Gasteiger partial charge in [0.05, 0.1) is 0 Å². The van der Waals surface area contributed by atoms with Gasteiger partial charge in [0.25, 0.3) is 0 Å². The number of benzene rings is 1. The van der Waals surface area contributed by atoms with E-state index in [1.165, 1.54) is 5.56 Å². The topological polar surface area (TPSA) is 20.3 Å². The van der Waals surface area contributed by atoms with Crippen LogP contribution in [-0.4, -0.2) is 28.7 Å². The quantitative estimate of drug-likeness (QED) is 0.770. The van der Waals surface area contributed by atoms with Gasteiger partial charge < -0.3 is 4.90 Å². The second-order valence-electron chi connectivity index (χ2n) is 3.98. The van der Waals surface area contributed by atoms with Crippen LogP contribution in [0.4, 0.5) is 0 Å². The molecule has 1 fully saturated rings. The number of rotatable bonds is 3. The number of carbonyl (C=O) groups is 1. The highest BCUT2D eigenvalue weighted by Gasteiger charge is 2.26. The van der Waals surface area contributed by atoms with E-state index in [-0.39, 0.29) is 5.91 Å². The largest absolute Gasteiger partial charge is 0.341 e. The van der Waals surface area contributed by atoms with Gasteiger partial charge >= 0.3 is 0 Å². The molecule has 86 valence electrons.